The van der Waals surface area contributed by atoms with Crippen molar-refractivity contribution in [2.45, 2.75) is 407 Å². The van der Waals surface area contributed by atoms with Gasteiger partial charge < -0.3 is 89.9 Å². The summed E-state index contributed by atoms with van der Waals surface area (Å²) in [4.78, 5) is 13.5. The molecule has 3 aliphatic heterocycles. The number of carbonyl (C=O) groups is 1. The van der Waals surface area contributed by atoms with E-state index in [0.29, 0.717) is 19.3 Å². The van der Waals surface area contributed by atoms with Crippen LogP contribution >= 0.6 is 0 Å². The second-order valence-electron chi connectivity index (χ2n) is 30.6. The lowest BCUT2D eigenvalue weighted by Crippen LogP contribution is -2.66. The number of aliphatic hydroxyl groups excluding tert-OH is 11. The molecule has 3 saturated heterocycles. The normalized spacial score (nSPS) is 25.7. The molecule has 0 spiro atoms. The van der Waals surface area contributed by atoms with E-state index in [0.717, 1.165) is 122 Å². The van der Waals surface area contributed by atoms with E-state index in [4.69, 9.17) is 28.4 Å². The predicted molar refractivity (Wildman–Crippen MR) is 452 cm³/mol. The quantitative estimate of drug-likeness (QED) is 0.0199. The summed E-state index contributed by atoms with van der Waals surface area (Å²) in [5, 5.41) is 121. The van der Waals surface area contributed by atoms with Crippen molar-refractivity contribution in [2.24, 2.45) is 0 Å². The van der Waals surface area contributed by atoms with Crippen molar-refractivity contribution >= 4 is 5.91 Å². The van der Waals surface area contributed by atoms with Crippen molar-refractivity contribution in [3.05, 3.63) is 146 Å². The van der Waals surface area contributed by atoms with Crippen LogP contribution in [-0.4, -0.2) is 193 Å². The third-order valence-corrected chi connectivity index (χ3v) is 20.9. The van der Waals surface area contributed by atoms with Crippen molar-refractivity contribution in [2.75, 3.05) is 26.4 Å². The average molecular weight is 1580 g/mol. The maximum absolute atomic E-state index is 13.5. The molecule has 17 atom stereocenters. The molecule has 0 aromatic heterocycles. The number of amides is 1. The topological polar surface area (TPSA) is 307 Å². The van der Waals surface area contributed by atoms with Gasteiger partial charge in [0.05, 0.1) is 38.6 Å². The lowest BCUT2D eigenvalue weighted by molar-refractivity contribution is -0.379. The second-order valence-corrected chi connectivity index (χ2v) is 30.6. The third-order valence-electron chi connectivity index (χ3n) is 20.9. The van der Waals surface area contributed by atoms with E-state index in [-0.39, 0.29) is 18.9 Å². The van der Waals surface area contributed by atoms with Gasteiger partial charge in [-0.1, -0.05) is 339 Å². The summed E-state index contributed by atoms with van der Waals surface area (Å²) in [7, 11) is 0. The highest BCUT2D eigenvalue weighted by atomic mass is 16.8. The molecule has 0 aromatic rings. The Morgan fingerprint density at radius 3 is 0.964 bits per heavy atom. The number of unbranched alkanes of at least 4 members (excludes halogenated alkanes) is 29. The van der Waals surface area contributed by atoms with Crippen LogP contribution < -0.4 is 5.32 Å². The lowest BCUT2D eigenvalue weighted by atomic mass is 9.96. The van der Waals surface area contributed by atoms with Gasteiger partial charge in [0.25, 0.3) is 0 Å². The summed E-state index contributed by atoms with van der Waals surface area (Å²) in [5.41, 5.74) is 0. The first-order chi connectivity index (χ1) is 54.8. The molecule has 12 N–H and O–H groups in total. The van der Waals surface area contributed by atoms with Crippen LogP contribution in [-0.2, 0) is 33.2 Å². The number of nitrogens with one attached hydrogen (secondary N) is 1. The summed E-state index contributed by atoms with van der Waals surface area (Å²) >= 11 is 0. The molecule has 19 nitrogen and oxygen atoms in total. The fourth-order valence-electron chi connectivity index (χ4n) is 13.9. The molecule has 112 heavy (non-hydrogen) atoms. The van der Waals surface area contributed by atoms with Crippen LogP contribution in [0.4, 0.5) is 0 Å². The summed E-state index contributed by atoms with van der Waals surface area (Å²) < 4.78 is 34.5. The van der Waals surface area contributed by atoms with Gasteiger partial charge in [-0.3, -0.25) is 4.79 Å². The second kappa shape index (κ2) is 70.8. The number of carbonyl (C=O) groups excluding carboxylic acids is 1. The van der Waals surface area contributed by atoms with Crippen molar-refractivity contribution in [1.82, 2.24) is 5.32 Å². The predicted octanol–water partition coefficient (Wildman–Crippen LogP) is 16.6. The van der Waals surface area contributed by atoms with E-state index in [2.05, 4.69) is 165 Å². The molecule has 3 heterocycles. The standard InChI is InChI=1S/C93H157NO18/c1-3-5-7-9-11-13-15-17-19-21-23-25-27-29-31-32-33-34-35-36-37-38-39-40-41-42-43-44-45-47-49-51-53-55-57-59-61-63-65-67-69-71-81(99)94-76(77(98)70-68-66-64-62-60-58-56-54-52-50-48-46-30-28-26-24-22-20-18-16-14-12-10-8-6-4-2)75-107-91-87(105)84(102)89(79(73-96)109-91)112-93-88(106)85(103)90(80(74-97)110-93)111-92-86(104)83(101)82(100)78(72-95)108-92/h5,7,11,13,17,19,23,25,29,31,33-34,36-37,39-40,42-43,45,47,51,53,57,59,76-80,82-93,95-98,100-106H,3-4,6,8-10,12,14-16,18,20-22,24,26-28,30,32,35,38,41,44,46,48-50,52,54-56,58,60-75H2,1-2H3,(H,94,99)/b7-5-,13-11-,19-17-,25-23-,31-29-,34-33-,37-36-,40-39-,43-42-,47-45-,53-51-,59-57-. The van der Waals surface area contributed by atoms with Crippen LogP contribution in [0.15, 0.2) is 146 Å². The van der Waals surface area contributed by atoms with Crippen molar-refractivity contribution in [3.63, 3.8) is 0 Å². The molecule has 642 valence electrons. The molecule has 0 aromatic carbocycles. The number of allylic oxidation sites excluding steroid dienone is 24. The van der Waals surface area contributed by atoms with Crippen LogP contribution in [0.3, 0.4) is 0 Å². The van der Waals surface area contributed by atoms with Gasteiger partial charge in [0.1, 0.15) is 73.2 Å². The Morgan fingerprint density at radius 1 is 0.330 bits per heavy atom. The maximum Gasteiger partial charge on any atom is 0.220 e. The molecular weight excluding hydrogens is 1420 g/mol. The molecule has 3 rings (SSSR count). The summed E-state index contributed by atoms with van der Waals surface area (Å²) in [6.07, 6.45) is 76.5. The molecule has 1 amide bonds. The molecule has 3 fully saturated rings. The van der Waals surface area contributed by atoms with Crippen molar-refractivity contribution in [3.8, 4) is 0 Å². The third kappa shape index (κ3) is 49.0. The van der Waals surface area contributed by atoms with Crippen LogP contribution in [0.25, 0.3) is 0 Å². The highest BCUT2D eigenvalue weighted by Crippen LogP contribution is 2.33. The van der Waals surface area contributed by atoms with Crippen molar-refractivity contribution < 1.29 is 89.4 Å². The molecule has 0 aliphatic carbocycles. The van der Waals surface area contributed by atoms with Gasteiger partial charge in [-0.2, -0.15) is 0 Å². The molecule has 0 radical (unpaired) electrons. The molecule has 0 saturated carbocycles. The SMILES string of the molecule is CC/C=C\C/C=C\C/C=C\C/C=C\C/C=C\C/C=C\C/C=C\C/C=C\C/C=C\C/C=C\C/C=C\C/C=C\CCCCCCC(=O)NC(COC1OC(CO)C(OC2OC(CO)C(OC3OC(CO)C(O)C(O)C3O)C(O)C2O)C(O)C1O)C(O)CCCCCCCCCCCCCCCCCCCCCCCCCCCC. The maximum atomic E-state index is 13.5. The Balaban J connectivity index is 1.35. The molecular formula is C93H157NO18. The van der Waals surface area contributed by atoms with Gasteiger partial charge in [-0.25, -0.2) is 0 Å². The van der Waals surface area contributed by atoms with Crippen LogP contribution in [0.1, 0.15) is 303 Å². The Labute approximate surface area is 676 Å². The van der Waals surface area contributed by atoms with Gasteiger partial charge in [0.15, 0.2) is 18.9 Å². The largest absolute Gasteiger partial charge is 0.394 e. The number of hydrogen-bond acceptors (Lipinski definition) is 18. The van der Waals surface area contributed by atoms with Gasteiger partial charge in [0.2, 0.25) is 5.91 Å². The van der Waals surface area contributed by atoms with Crippen LogP contribution in [0.2, 0.25) is 0 Å². The number of rotatable bonds is 69. The van der Waals surface area contributed by atoms with E-state index < -0.39 is 124 Å². The molecule has 3 aliphatic rings. The minimum absolute atomic E-state index is 0.228. The first-order valence-corrected chi connectivity index (χ1v) is 44.1. The highest BCUT2D eigenvalue weighted by molar-refractivity contribution is 5.76. The van der Waals surface area contributed by atoms with Gasteiger partial charge in [0, 0.05) is 6.42 Å². The fraction of sp³-hybridized carbons (Fsp3) is 0.731. The number of hydrogen-bond donors (Lipinski definition) is 12. The Bertz CT molecular complexity index is 2590. The minimum atomic E-state index is -1.98. The Morgan fingerprint density at radius 2 is 0.616 bits per heavy atom. The van der Waals surface area contributed by atoms with Crippen LogP contribution in [0.5, 0.6) is 0 Å². The average Bonchev–Trinajstić information content (AvgIpc) is 0.781. The van der Waals surface area contributed by atoms with Crippen molar-refractivity contribution in [1.29, 1.82) is 0 Å². The first kappa shape index (κ1) is 102. The van der Waals surface area contributed by atoms with E-state index in [9.17, 15) is 61.0 Å². The molecule has 17 unspecified atom stereocenters. The summed E-state index contributed by atoms with van der Waals surface area (Å²) in [6, 6.07) is -0.914. The van der Waals surface area contributed by atoms with Crippen LogP contribution in [0, 0.1) is 0 Å². The zero-order valence-electron chi connectivity index (χ0n) is 69.1. The van der Waals surface area contributed by atoms with Gasteiger partial charge >= 0.3 is 0 Å². The Hall–Kier alpha value is -4.33. The van der Waals surface area contributed by atoms with E-state index in [1.807, 2.05) is 0 Å². The zero-order valence-corrected chi connectivity index (χ0v) is 69.1. The Kier molecular flexibility index (Phi) is 64.4. The van der Waals surface area contributed by atoms with E-state index in [1.54, 1.807) is 0 Å². The summed E-state index contributed by atoms with van der Waals surface area (Å²) in [5.74, 6) is -0.269. The molecule has 19 heteroatoms. The smallest absolute Gasteiger partial charge is 0.220 e. The first-order valence-electron chi connectivity index (χ1n) is 44.1. The highest BCUT2D eigenvalue weighted by Gasteiger charge is 2.54. The number of ether oxygens (including phenoxy) is 6. The summed E-state index contributed by atoms with van der Waals surface area (Å²) in [6.45, 7) is 1.69. The fourth-order valence-corrected chi connectivity index (χ4v) is 13.9. The van der Waals surface area contributed by atoms with Gasteiger partial charge in [-0.05, 0) is 103 Å². The number of aliphatic hydroxyl groups is 11. The monoisotopic (exact) mass is 1580 g/mol. The van der Waals surface area contributed by atoms with E-state index >= 15 is 0 Å². The minimum Gasteiger partial charge on any atom is -0.394 e. The van der Waals surface area contributed by atoms with E-state index in [1.165, 1.54) is 141 Å². The lowest BCUT2D eigenvalue weighted by Gasteiger charge is -2.48. The van der Waals surface area contributed by atoms with Gasteiger partial charge in [-0.15, -0.1) is 0 Å². The molecule has 0 bridgehead atoms. The zero-order chi connectivity index (χ0) is 81.0.